The Labute approximate surface area is 152 Å². The summed E-state index contributed by atoms with van der Waals surface area (Å²) in [6.45, 7) is 1.98. The van der Waals surface area contributed by atoms with Gasteiger partial charge in [-0.25, -0.2) is 12.7 Å². The van der Waals surface area contributed by atoms with Gasteiger partial charge in [0.25, 0.3) is 5.91 Å². The summed E-state index contributed by atoms with van der Waals surface area (Å²) in [6.07, 6.45) is 0.748. The van der Waals surface area contributed by atoms with Gasteiger partial charge in [0.15, 0.2) is 0 Å². The molecule has 6 nitrogen and oxygen atoms in total. The lowest BCUT2D eigenvalue weighted by molar-refractivity contribution is -0.116. The molecule has 2 amide bonds. The van der Waals surface area contributed by atoms with Crippen LogP contribution in [0.1, 0.15) is 29.3 Å². The molecule has 0 bridgehead atoms. The van der Waals surface area contributed by atoms with E-state index >= 15 is 0 Å². The van der Waals surface area contributed by atoms with Crippen molar-refractivity contribution in [2.75, 3.05) is 15.0 Å². The number of fused-ring (bicyclic) bond motifs is 1. The zero-order valence-corrected chi connectivity index (χ0v) is 15.1. The van der Waals surface area contributed by atoms with E-state index in [2.05, 4.69) is 0 Å². The molecular weight excluding hydrogens is 352 g/mol. The predicted octanol–water partition coefficient (Wildman–Crippen LogP) is 2.34. The van der Waals surface area contributed by atoms with Gasteiger partial charge in [-0.3, -0.25) is 9.59 Å². The summed E-state index contributed by atoms with van der Waals surface area (Å²) in [6, 6.07) is 14.0. The molecule has 2 aliphatic heterocycles. The van der Waals surface area contributed by atoms with Gasteiger partial charge in [0, 0.05) is 23.7 Å². The Kier molecular flexibility index (Phi) is 3.84. The van der Waals surface area contributed by atoms with Crippen molar-refractivity contribution in [3.05, 3.63) is 59.7 Å². The Bertz CT molecular complexity index is 1020. The Morgan fingerprint density at radius 1 is 1.12 bits per heavy atom. The van der Waals surface area contributed by atoms with Crippen molar-refractivity contribution in [3.63, 3.8) is 0 Å². The molecule has 0 spiro atoms. The maximum atomic E-state index is 13.1. The van der Waals surface area contributed by atoms with Gasteiger partial charge >= 0.3 is 0 Å². The van der Waals surface area contributed by atoms with E-state index in [0.717, 1.165) is 22.0 Å². The van der Waals surface area contributed by atoms with E-state index in [1.807, 2.05) is 31.2 Å². The molecule has 7 heteroatoms. The topological polar surface area (TPSA) is 74.8 Å². The number of hydrogen-bond acceptors (Lipinski definition) is 4. The Morgan fingerprint density at radius 2 is 1.88 bits per heavy atom. The quantitative estimate of drug-likeness (QED) is 0.813. The van der Waals surface area contributed by atoms with Gasteiger partial charge < -0.3 is 4.90 Å². The first-order valence-corrected chi connectivity index (χ1v) is 10.1. The third-order valence-corrected chi connectivity index (χ3v) is 6.52. The van der Waals surface area contributed by atoms with Crippen molar-refractivity contribution in [1.82, 2.24) is 0 Å². The van der Waals surface area contributed by atoms with E-state index < -0.39 is 15.9 Å². The number of nitrogens with zero attached hydrogens (tertiary/aromatic N) is 2. The average Bonchev–Trinajstić information content (AvgIpc) is 3.09. The third-order valence-electron chi connectivity index (χ3n) is 4.83. The SMILES string of the molecule is C[C@H]1Cc2ccccc2N1C(=O)c1cccc(N2C(=O)CCS2(=O)=O)c1. The van der Waals surface area contributed by atoms with E-state index in [1.165, 1.54) is 6.07 Å². The lowest BCUT2D eigenvalue weighted by atomic mass is 10.1. The molecule has 2 aromatic carbocycles. The highest BCUT2D eigenvalue weighted by molar-refractivity contribution is 7.94. The average molecular weight is 370 g/mol. The molecule has 1 saturated heterocycles. The predicted molar refractivity (Wildman–Crippen MR) is 98.7 cm³/mol. The van der Waals surface area contributed by atoms with Crippen molar-refractivity contribution in [3.8, 4) is 0 Å². The molecule has 0 unspecified atom stereocenters. The smallest absolute Gasteiger partial charge is 0.258 e. The zero-order chi connectivity index (χ0) is 18.5. The van der Waals surface area contributed by atoms with E-state index in [4.69, 9.17) is 0 Å². The van der Waals surface area contributed by atoms with Gasteiger partial charge in [0.1, 0.15) is 0 Å². The summed E-state index contributed by atoms with van der Waals surface area (Å²) in [5.41, 5.74) is 2.57. The van der Waals surface area contributed by atoms with E-state index in [1.54, 1.807) is 23.1 Å². The van der Waals surface area contributed by atoms with E-state index in [9.17, 15) is 18.0 Å². The second-order valence-corrected chi connectivity index (χ2v) is 8.57. The van der Waals surface area contributed by atoms with Crippen LogP contribution in [0.3, 0.4) is 0 Å². The second-order valence-electron chi connectivity index (χ2n) is 6.63. The van der Waals surface area contributed by atoms with Crippen LogP contribution < -0.4 is 9.21 Å². The normalized spacial score (nSPS) is 21.1. The molecule has 2 aliphatic rings. The number of para-hydroxylation sites is 1. The van der Waals surface area contributed by atoms with Crippen LogP contribution in [0.2, 0.25) is 0 Å². The maximum Gasteiger partial charge on any atom is 0.258 e. The minimum absolute atomic E-state index is 0.0145. The Balaban J connectivity index is 1.72. The fraction of sp³-hybridized carbons (Fsp3) is 0.263. The number of sulfonamides is 1. The molecule has 26 heavy (non-hydrogen) atoms. The van der Waals surface area contributed by atoms with E-state index in [-0.39, 0.29) is 29.8 Å². The molecule has 0 saturated carbocycles. The van der Waals surface area contributed by atoms with Gasteiger partial charge in [-0.15, -0.1) is 0 Å². The minimum atomic E-state index is -3.65. The van der Waals surface area contributed by atoms with Crippen molar-refractivity contribution >= 4 is 33.2 Å². The maximum absolute atomic E-state index is 13.1. The van der Waals surface area contributed by atoms with Gasteiger partial charge in [0.05, 0.1) is 11.4 Å². The highest BCUT2D eigenvalue weighted by atomic mass is 32.2. The van der Waals surface area contributed by atoms with Crippen LogP contribution in [0.25, 0.3) is 0 Å². The first kappa shape index (κ1) is 16.8. The van der Waals surface area contributed by atoms with Crippen molar-refractivity contribution in [2.45, 2.75) is 25.8 Å². The molecule has 0 N–H and O–H groups in total. The van der Waals surface area contributed by atoms with Crippen LogP contribution in [0, 0.1) is 0 Å². The first-order chi connectivity index (χ1) is 12.4. The van der Waals surface area contributed by atoms with Crippen LogP contribution in [0.4, 0.5) is 11.4 Å². The summed E-state index contributed by atoms with van der Waals surface area (Å²) in [5, 5.41) is 0. The van der Waals surface area contributed by atoms with Gasteiger partial charge in [-0.2, -0.15) is 0 Å². The minimum Gasteiger partial charge on any atom is -0.305 e. The van der Waals surface area contributed by atoms with Gasteiger partial charge in [0.2, 0.25) is 15.9 Å². The number of benzene rings is 2. The standard InChI is InChI=1S/C19H18N2O4S/c1-13-11-14-5-2-3-8-17(14)20(13)19(23)15-6-4-7-16(12-15)21-18(22)9-10-26(21,24)25/h2-8,12-13H,9-11H2,1H3/t13-/m0/s1. The van der Waals surface area contributed by atoms with Crippen LogP contribution in [-0.2, 0) is 21.2 Å². The number of amides is 2. The van der Waals surface area contributed by atoms with Crippen molar-refractivity contribution in [2.24, 2.45) is 0 Å². The van der Waals surface area contributed by atoms with Crippen LogP contribution in [0.15, 0.2) is 48.5 Å². The van der Waals surface area contributed by atoms with E-state index in [0.29, 0.717) is 5.56 Å². The number of anilines is 2. The zero-order valence-electron chi connectivity index (χ0n) is 14.3. The van der Waals surface area contributed by atoms with Gasteiger partial charge in [-0.05, 0) is 43.2 Å². The summed E-state index contributed by atoms with van der Waals surface area (Å²) < 4.78 is 25.1. The lowest BCUT2D eigenvalue weighted by Crippen LogP contribution is -2.36. The highest BCUT2D eigenvalue weighted by Crippen LogP contribution is 2.34. The number of hydrogen-bond donors (Lipinski definition) is 0. The largest absolute Gasteiger partial charge is 0.305 e. The van der Waals surface area contributed by atoms with Crippen LogP contribution >= 0.6 is 0 Å². The van der Waals surface area contributed by atoms with Crippen molar-refractivity contribution < 1.29 is 18.0 Å². The lowest BCUT2D eigenvalue weighted by Gasteiger charge is -2.23. The molecule has 1 atom stereocenters. The third kappa shape index (κ3) is 2.59. The molecule has 0 aromatic heterocycles. The molecule has 0 radical (unpaired) electrons. The Morgan fingerprint density at radius 3 is 2.62 bits per heavy atom. The summed E-state index contributed by atoms with van der Waals surface area (Å²) in [4.78, 5) is 26.8. The fourth-order valence-electron chi connectivity index (χ4n) is 3.65. The molecule has 134 valence electrons. The number of rotatable bonds is 2. The summed E-state index contributed by atoms with van der Waals surface area (Å²) in [7, 11) is -3.65. The molecule has 2 heterocycles. The summed E-state index contributed by atoms with van der Waals surface area (Å²) >= 11 is 0. The second kappa shape index (κ2) is 5.95. The van der Waals surface area contributed by atoms with Gasteiger partial charge in [-0.1, -0.05) is 24.3 Å². The first-order valence-electron chi connectivity index (χ1n) is 8.46. The highest BCUT2D eigenvalue weighted by Gasteiger charge is 2.37. The Hall–Kier alpha value is -2.67. The van der Waals surface area contributed by atoms with Crippen molar-refractivity contribution in [1.29, 1.82) is 0 Å². The molecule has 2 aromatic rings. The summed E-state index contributed by atoms with van der Waals surface area (Å²) in [5.74, 6) is -0.858. The van der Waals surface area contributed by atoms with Crippen LogP contribution in [0.5, 0.6) is 0 Å². The number of carbonyl (C=O) groups is 2. The molecular formula is C19H18N2O4S. The molecule has 0 aliphatic carbocycles. The fourth-order valence-corrected chi connectivity index (χ4v) is 5.10. The monoisotopic (exact) mass is 370 g/mol. The number of carbonyl (C=O) groups excluding carboxylic acids is 2. The molecule has 4 rings (SSSR count). The molecule has 1 fully saturated rings. The van der Waals surface area contributed by atoms with Crippen LogP contribution in [-0.4, -0.2) is 32.0 Å².